The number of hydrogen-bond donors (Lipinski definition) is 1. The molecule has 1 heterocycles. The Labute approximate surface area is 76.5 Å². The van der Waals surface area contributed by atoms with E-state index < -0.39 is 0 Å². The fourth-order valence-corrected chi connectivity index (χ4v) is 1.52. The fraction of sp³-hybridized carbons (Fsp3) is 0.273. The van der Waals surface area contributed by atoms with Crippen molar-refractivity contribution in [1.29, 1.82) is 0 Å². The van der Waals surface area contributed by atoms with Crippen LogP contribution >= 0.6 is 0 Å². The van der Waals surface area contributed by atoms with Gasteiger partial charge in [0.2, 0.25) is 0 Å². The minimum atomic E-state index is 0.473. The number of rotatable bonds is 2. The van der Waals surface area contributed by atoms with Gasteiger partial charge in [-0.25, -0.2) is 0 Å². The number of nitrogens with one attached hydrogen (secondary N) is 1. The smallest absolute Gasteiger partial charge is 0.129 e. The molecule has 1 N–H and O–H groups in total. The van der Waals surface area contributed by atoms with Crippen LogP contribution < -0.4 is 4.74 Å². The number of ether oxygens (including phenoxy) is 1. The van der Waals surface area contributed by atoms with Gasteiger partial charge in [0, 0.05) is 17.1 Å². The fourth-order valence-electron chi connectivity index (χ4n) is 1.52. The van der Waals surface area contributed by atoms with Crippen molar-refractivity contribution in [1.82, 2.24) is 4.98 Å². The van der Waals surface area contributed by atoms with Gasteiger partial charge in [-0.2, -0.15) is 0 Å². The molecule has 0 atom stereocenters. The number of aromatic nitrogens is 1. The summed E-state index contributed by atoms with van der Waals surface area (Å²) in [5.41, 5.74) is 1.15. The van der Waals surface area contributed by atoms with Crippen molar-refractivity contribution >= 4 is 10.9 Å². The zero-order valence-corrected chi connectivity index (χ0v) is 7.29. The Bertz CT molecular complexity index is 428. The number of H-pyrrole nitrogens is 1. The SMILES string of the molecule is c1cc(OC2CC2)c2cc[nH]c2c1. The van der Waals surface area contributed by atoms with Gasteiger partial charge in [-0.3, -0.25) is 0 Å². The molecule has 0 amide bonds. The van der Waals surface area contributed by atoms with Crippen molar-refractivity contribution in [3.8, 4) is 5.75 Å². The van der Waals surface area contributed by atoms with E-state index in [0.29, 0.717) is 6.10 Å². The predicted octanol–water partition coefficient (Wildman–Crippen LogP) is 2.71. The molecule has 2 nitrogen and oxygen atoms in total. The third-order valence-corrected chi connectivity index (χ3v) is 2.37. The van der Waals surface area contributed by atoms with Crippen LogP contribution in [0.25, 0.3) is 10.9 Å². The van der Waals surface area contributed by atoms with Crippen LogP contribution in [0.2, 0.25) is 0 Å². The van der Waals surface area contributed by atoms with Gasteiger partial charge in [-0.1, -0.05) is 6.07 Å². The molecule has 2 aromatic rings. The number of benzene rings is 1. The van der Waals surface area contributed by atoms with E-state index in [9.17, 15) is 0 Å². The molecule has 1 aliphatic carbocycles. The molecule has 0 radical (unpaired) electrons. The molecular formula is C11H11NO. The molecule has 2 heteroatoms. The van der Waals surface area contributed by atoms with Crippen LogP contribution in [-0.2, 0) is 0 Å². The Hall–Kier alpha value is -1.44. The van der Waals surface area contributed by atoms with Crippen molar-refractivity contribution in [3.05, 3.63) is 30.5 Å². The molecule has 0 spiro atoms. The summed E-state index contributed by atoms with van der Waals surface area (Å²) in [5, 5.41) is 1.19. The van der Waals surface area contributed by atoms with E-state index in [-0.39, 0.29) is 0 Å². The molecule has 0 aliphatic heterocycles. The Balaban J connectivity index is 2.09. The first-order chi connectivity index (χ1) is 6.43. The minimum absolute atomic E-state index is 0.473. The zero-order chi connectivity index (χ0) is 8.67. The number of fused-ring (bicyclic) bond motifs is 1. The lowest BCUT2D eigenvalue weighted by Gasteiger charge is -2.04. The summed E-state index contributed by atoms with van der Waals surface area (Å²) in [7, 11) is 0. The van der Waals surface area contributed by atoms with E-state index in [0.717, 1.165) is 11.3 Å². The van der Waals surface area contributed by atoms with Gasteiger partial charge in [-0.15, -0.1) is 0 Å². The quantitative estimate of drug-likeness (QED) is 0.742. The molecule has 13 heavy (non-hydrogen) atoms. The lowest BCUT2D eigenvalue weighted by atomic mass is 10.2. The summed E-state index contributed by atoms with van der Waals surface area (Å²) in [6.45, 7) is 0. The minimum Gasteiger partial charge on any atom is -0.490 e. The maximum Gasteiger partial charge on any atom is 0.129 e. The lowest BCUT2D eigenvalue weighted by molar-refractivity contribution is 0.307. The highest BCUT2D eigenvalue weighted by Gasteiger charge is 2.24. The average molecular weight is 173 g/mol. The maximum atomic E-state index is 5.78. The third kappa shape index (κ3) is 1.18. The number of hydrogen-bond acceptors (Lipinski definition) is 1. The molecular weight excluding hydrogens is 162 g/mol. The molecule has 1 aliphatic rings. The molecule has 1 saturated carbocycles. The third-order valence-electron chi connectivity index (χ3n) is 2.37. The molecule has 1 aromatic carbocycles. The predicted molar refractivity (Wildman–Crippen MR) is 51.9 cm³/mol. The van der Waals surface area contributed by atoms with Crippen molar-refractivity contribution in [2.24, 2.45) is 0 Å². The maximum absolute atomic E-state index is 5.78. The molecule has 0 unspecified atom stereocenters. The lowest BCUT2D eigenvalue weighted by Crippen LogP contribution is -1.95. The van der Waals surface area contributed by atoms with Crippen molar-refractivity contribution in [2.45, 2.75) is 18.9 Å². The van der Waals surface area contributed by atoms with Crippen LogP contribution in [0.1, 0.15) is 12.8 Å². The van der Waals surface area contributed by atoms with E-state index in [2.05, 4.69) is 17.1 Å². The van der Waals surface area contributed by atoms with Crippen LogP contribution in [0, 0.1) is 0 Å². The molecule has 66 valence electrons. The summed E-state index contributed by atoms with van der Waals surface area (Å²) in [6, 6.07) is 8.19. The van der Waals surface area contributed by atoms with Gasteiger partial charge in [0.15, 0.2) is 0 Å². The van der Waals surface area contributed by atoms with Gasteiger partial charge in [0.1, 0.15) is 5.75 Å². The highest BCUT2D eigenvalue weighted by molar-refractivity contribution is 5.85. The molecule has 3 rings (SSSR count). The number of aromatic amines is 1. The Morgan fingerprint density at radius 2 is 2.15 bits per heavy atom. The van der Waals surface area contributed by atoms with Crippen molar-refractivity contribution < 1.29 is 4.74 Å². The summed E-state index contributed by atoms with van der Waals surface area (Å²) in [5.74, 6) is 1.02. The van der Waals surface area contributed by atoms with Crippen LogP contribution in [0.4, 0.5) is 0 Å². The van der Waals surface area contributed by atoms with Gasteiger partial charge in [0.25, 0.3) is 0 Å². The zero-order valence-electron chi connectivity index (χ0n) is 7.29. The van der Waals surface area contributed by atoms with Crippen molar-refractivity contribution in [3.63, 3.8) is 0 Å². The van der Waals surface area contributed by atoms with Gasteiger partial charge in [0.05, 0.1) is 6.10 Å². The van der Waals surface area contributed by atoms with E-state index in [1.54, 1.807) is 0 Å². The molecule has 1 fully saturated rings. The van der Waals surface area contributed by atoms with Gasteiger partial charge < -0.3 is 9.72 Å². The second-order valence-corrected chi connectivity index (χ2v) is 3.51. The molecule has 0 saturated heterocycles. The normalized spacial score (nSPS) is 16.3. The van der Waals surface area contributed by atoms with Crippen molar-refractivity contribution in [2.75, 3.05) is 0 Å². The molecule has 1 aromatic heterocycles. The first kappa shape index (κ1) is 7.01. The first-order valence-corrected chi connectivity index (χ1v) is 4.66. The van der Waals surface area contributed by atoms with E-state index in [1.807, 2.05) is 18.3 Å². The Kier molecular flexibility index (Phi) is 1.36. The van der Waals surface area contributed by atoms with Crippen LogP contribution in [0.15, 0.2) is 30.5 Å². The summed E-state index contributed by atoms with van der Waals surface area (Å²) in [6.07, 6.45) is 4.84. The Morgan fingerprint density at radius 3 is 3.00 bits per heavy atom. The van der Waals surface area contributed by atoms with Crippen LogP contribution in [-0.4, -0.2) is 11.1 Å². The second-order valence-electron chi connectivity index (χ2n) is 3.51. The molecule has 0 bridgehead atoms. The van der Waals surface area contributed by atoms with E-state index >= 15 is 0 Å². The van der Waals surface area contributed by atoms with Gasteiger partial charge in [-0.05, 0) is 31.0 Å². The van der Waals surface area contributed by atoms with Gasteiger partial charge >= 0.3 is 0 Å². The highest BCUT2D eigenvalue weighted by atomic mass is 16.5. The standard InChI is InChI=1S/C11H11NO/c1-2-10-9(6-7-12-10)11(3-1)13-8-4-5-8/h1-3,6-8,12H,4-5H2. The van der Waals surface area contributed by atoms with Crippen LogP contribution in [0.3, 0.4) is 0 Å². The largest absolute Gasteiger partial charge is 0.490 e. The highest BCUT2D eigenvalue weighted by Crippen LogP contribution is 2.31. The average Bonchev–Trinajstić information content (AvgIpc) is 2.83. The Morgan fingerprint density at radius 1 is 1.23 bits per heavy atom. The topological polar surface area (TPSA) is 25.0 Å². The monoisotopic (exact) mass is 173 g/mol. The van der Waals surface area contributed by atoms with E-state index in [4.69, 9.17) is 4.74 Å². The first-order valence-electron chi connectivity index (χ1n) is 4.66. The summed E-state index contributed by atoms with van der Waals surface area (Å²) >= 11 is 0. The van der Waals surface area contributed by atoms with Crippen LogP contribution in [0.5, 0.6) is 5.75 Å². The summed E-state index contributed by atoms with van der Waals surface area (Å²) < 4.78 is 5.78. The summed E-state index contributed by atoms with van der Waals surface area (Å²) in [4.78, 5) is 3.17. The van der Waals surface area contributed by atoms with E-state index in [1.165, 1.54) is 18.2 Å². The second kappa shape index (κ2) is 2.52.